The molecule has 0 spiro atoms. The van der Waals surface area contributed by atoms with E-state index in [-0.39, 0.29) is 5.82 Å². The lowest BCUT2D eigenvalue weighted by Crippen LogP contribution is -2.41. The Morgan fingerprint density at radius 1 is 1.28 bits per heavy atom. The van der Waals surface area contributed by atoms with Gasteiger partial charge in [0.25, 0.3) is 0 Å². The highest BCUT2D eigenvalue weighted by molar-refractivity contribution is 9.10. The first kappa shape index (κ1) is 12.6. The predicted octanol–water partition coefficient (Wildman–Crippen LogP) is 3.39. The van der Waals surface area contributed by atoms with Crippen LogP contribution in [0.5, 0.6) is 0 Å². The van der Waals surface area contributed by atoms with E-state index >= 15 is 0 Å². The standard InChI is InChI=1S/C14H17BrFNO/c15-14-4-1-10(16)5-9(14)8-18-13-6-11-2-3-12(7-13)17-11/h1,4-5,11-13,17H,2-3,6-8H2. The van der Waals surface area contributed by atoms with Crippen molar-refractivity contribution in [3.63, 3.8) is 0 Å². The van der Waals surface area contributed by atoms with Gasteiger partial charge in [-0.25, -0.2) is 4.39 Å². The van der Waals surface area contributed by atoms with E-state index in [1.54, 1.807) is 12.1 Å². The van der Waals surface area contributed by atoms with E-state index in [2.05, 4.69) is 21.2 Å². The molecule has 2 unspecified atom stereocenters. The number of rotatable bonds is 3. The second-order valence-electron chi connectivity index (χ2n) is 5.28. The minimum Gasteiger partial charge on any atom is -0.373 e. The maximum Gasteiger partial charge on any atom is 0.123 e. The normalized spacial score (nSPS) is 30.7. The van der Waals surface area contributed by atoms with Crippen molar-refractivity contribution in [1.82, 2.24) is 5.32 Å². The largest absolute Gasteiger partial charge is 0.373 e. The number of benzene rings is 1. The lowest BCUT2D eigenvalue weighted by atomic mass is 10.0. The molecule has 2 heterocycles. The monoisotopic (exact) mass is 313 g/mol. The summed E-state index contributed by atoms with van der Waals surface area (Å²) in [6.07, 6.45) is 5.04. The number of halogens is 2. The Morgan fingerprint density at radius 2 is 2.00 bits per heavy atom. The minimum absolute atomic E-state index is 0.206. The van der Waals surface area contributed by atoms with Gasteiger partial charge < -0.3 is 10.1 Å². The quantitative estimate of drug-likeness (QED) is 0.923. The highest BCUT2D eigenvalue weighted by Crippen LogP contribution is 2.29. The van der Waals surface area contributed by atoms with E-state index in [0.717, 1.165) is 22.9 Å². The lowest BCUT2D eigenvalue weighted by molar-refractivity contribution is 0.00883. The molecule has 4 heteroatoms. The molecule has 2 saturated heterocycles. The van der Waals surface area contributed by atoms with Crippen LogP contribution in [0.3, 0.4) is 0 Å². The van der Waals surface area contributed by atoms with Crippen LogP contribution in [0.2, 0.25) is 0 Å². The second kappa shape index (κ2) is 5.27. The number of ether oxygens (including phenoxy) is 1. The van der Waals surface area contributed by atoms with Gasteiger partial charge in [0, 0.05) is 16.6 Å². The molecular weight excluding hydrogens is 297 g/mol. The number of hydrogen-bond donors (Lipinski definition) is 1. The second-order valence-corrected chi connectivity index (χ2v) is 6.13. The summed E-state index contributed by atoms with van der Waals surface area (Å²) >= 11 is 3.43. The van der Waals surface area contributed by atoms with Gasteiger partial charge in [-0.3, -0.25) is 0 Å². The summed E-state index contributed by atoms with van der Waals surface area (Å²) in [6.45, 7) is 0.489. The summed E-state index contributed by atoms with van der Waals surface area (Å²) in [7, 11) is 0. The van der Waals surface area contributed by atoms with E-state index in [0.29, 0.717) is 24.8 Å². The molecule has 1 aromatic rings. The summed E-state index contributed by atoms with van der Waals surface area (Å²) in [6, 6.07) is 5.99. The molecule has 3 rings (SSSR count). The molecule has 1 aromatic carbocycles. The smallest absolute Gasteiger partial charge is 0.123 e. The molecule has 2 aliphatic rings. The van der Waals surface area contributed by atoms with Gasteiger partial charge in [-0.05, 0) is 49.4 Å². The van der Waals surface area contributed by atoms with Crippen LogP contribution in [0.25, 0.3) is 0 Å². The van der Waals surface area contributed by atoms with Gasteiger partial charge in [-0.1, -0.05) is 15.9 Å². The molecule has 18 heavy (non-hydrogen) atoms. The predicted molar refractivity (Wildman–Crippen MR) is 71.9 cm³/mol. The average molecular weight is 314 g/mol. The number of piperidine rings is 1. The van der Waals surface area contributed by atoms with E-state index < -0.39 is 0 Å². The highest BCUT2D eigenvalue weighted by Gasteiger charge is 2.33. The van der Waals surface area contributed by atoms with Crippen molar-refractivity contribution < 1.29 is 9.13 Å². The molecule has 0 aliphatic carbocycles. The van der Waals surface area contributed by atoms with Gasteiger partial charge in [0.05, 0.1) is 12.7 Å². The summed E-state index contributed by atoms with van der Waals surface area (Å²) in [5.74, 6) is -0.206. The molecule has 2 aliphatic heterocycles. The number of hydrogen-bond acceptors (Lipinski definition) is 2. The van der Waals surface area contributed by atoms with Gasteiger partial charge >= 0.3 is 0 Å². The Morgan fingerprint density at radius 3 is 2.72 bits per heavy atom. The Kier molecular flexibility index (Phi) is 3.68. The van der Waals surface area contributed by atoms with E-state index in [9.17, 15) is 4.39 Å². The molecule has 0 radical (unpaired) electrons. The van der Waals surface area contributed by atoms with Crippen LogP contribution in [0.4, 0.5) is 4.39 Å². The third-order valence-electron chi connectivity index (χ3n) is 3.91. The van der Waals surface area contributed by atoms with E-state index in [4.69, 9.17) is 4.74 Å². The van der Waals surface area contributed by atoms with Crippen LogP contribution < -0.4 is 5.32 Å². The van der Waals surface area contributed by atoms with Crippen molar-refractivity contribution >= 4 is 15.9 Å². The Balaban J connectivity index is 1.59. The molecule has 2 bridgehead atoms. The van der Waals surface area contributed by atoms with Gasteiger partial charge in [0.2, 0.25) is 0 Å². The van der Waals surface area contributed by atoms with Crippen molar-refractivity contribution in [1.29, 1.82) is 0 Å². The van der Waals surface area contributed by atoms with Crippen LogP contribution in [-0.2, 0) is 11.3 Å². The Hall–Kier alpha value is -0.450. The number of nitrogens with one attached hydrogen (secondary N) is 1. The topological polar surface area (TPSA) is 21.3 Å². The van der Waals surface area contributed by atoms with E-state index in [1.807, 2.05) is 0 Å². The van der Waals surface area contributed by atoms with Crippen molar-refractivity contribution in [2.75, 3.05) is 0 Å². The summed E-state index contributed by atoms with van der Waals surface area (Å²) < 4.78 is 20.0. The first-order chi connectivity index (χ1) is 8.70. The summed E-state index contributed by atoms with van der Waals surface area (Å²) in [5, 5.41) is 3.59. The molecule has 1 N–H and O–H groups in total. The molecule has 2 fully saturated rings. The zero-order chi connectivity index (χ0) is 12.5. The Labute approximate surface area is 115 Å². The number of fused-ring (bicyclic) bond motifs is 2. The Bertz CT molecular complexity index is 428. The molecule has 0 saturated carbocycles. The first-order valence-electron chi connectivity index (χ1n) is 6.52. The van der Waals surface area contributed by atoms with Crippen molar-refractivity contribution in [2.24, 2.45) is 0 Å². The van der Waals surface area contributed by atoms with Gasteiger partial charge in [-0.2, -0.15) is 0 Å². The molecular formula is C14H17BrFNO. The van der Waals surface area contributed by atoms with E-state index in [1.165, 1.54) is 18.9 Å². The van der Waals surface area contributed by atoms with Crippen LogP contribution in [0, 0.1) is 5.82 Å². The average Bonchev–Trinajstić information content (AvgIpc) is 2.70. The van der Waals surface area contributed by atoms with Gasteiger partial charge in [0.15, 0.2) is 0 Å². The highest BCUT2D eigenvalue weighted by atomic mass is 79.9. The fourth-order valence-corrected chi connectivity index (χ4v) is 3.36. The fraction of sp³-hybridized carbons (Fsp3) is 0.571. The van der Waals surface area contributed by atoms with Crippen molar-refractivity contribution in [3.05, 3.63) is 34.1 Å². The fourth-order valence-electron chi connectivity index (χ4n) is 3.00. The molecule has 0 amide bonds. The van der Waals surface area contributed by atoms with Gasteiger partial charge in [-0.15, -0.1) is 0 Å². The minimum atomic E-state index is -0.206. The molecule has 98 valence electrons. The third-order valence-corrected chi connectivity index (χ3v) is 4.69. The third kappa shape index (κ3) is 2.76. The molecule has 2 nitrogen and oxygen atoms in total. The summed E-state index contributed by atoms with van der Waals surface area (Å²) in [4.78, 5) is 0. The van der Waals surface area contributed by atoms with Crippen LogP contribution in [0.1, 0.15) is 31.2 Å². The van der Waals surface area contributed by atoms with Gasteiger partial charge in [0.1, 0.15) is 5.82 Å². The van der Waals surface area contributed by atoms with Crippen LogP contribution in [0.15, 0.2) is 22.7 Å². The lowest BCUT2D eigenvalue weighted by Gasteiger charge is -2.29. The van der Waals surface area contributed by atoms with Crippen molar-refractivity contribution in [3.8, 4) is 0 Å². The van der Waals surface area contributed by atoms with Crippen LogP contribution in [-0.4, -0.2) is 18.2 Å². The summed E-state index contributed by atoms with van der Waals surface area (Å²) in [5.41, 5.74) is 0.890. The SMILES string of the molecule is Fc1ccc(Br)c(COC2CC3CCC(C2)N3)c1. The molecule has 0 aromatic heterocycles. The van der Waals surface area contributed by atoms with Crippen LogP contribution >= 0.6 is 15.9 Å². The zero-order valence-corrected chi connectivity index (χ0v) is 11.7. The zero-order valence-electron chi connectivity index (χ0n) is 10.2. The van der Waals surface area contributed by atoms with Crippen molar-refractivity contribution in [2.45, 2.75) is 50.5 Å². The maximum atomic E-state index is 13.2. The first-order valence-corrected chi connectivity index (χ1v) is 7.31. The maximum absolute atomic E-state index is 13.2. The molecule has 2 atom stereocenters.